The van der Waals surface area contributed by atoms with Crippen molar-refractivity contribution < 1.29 is 8.42 Å². The number of anilines is 1. The number of para-hydroxylation sites is 1. The summed E-state index contributed by atoms with van der Waals surface area (Å²) in [7, 11) is -3.33. The molecule has 0 spiro atoms. The summed E-state index contributed by atoms with van der Waals surface area (Å²) >= 11 is 6.66. The van der Waals surface area contributed by atoms with Gasteiger partial charge in [-0.3, -0.25) is 4.72 Å². The maximum atomic E-state index is 12.0. The van der Waals surface area contributed by atoms with Crippen molar-refractivity contribution >= 4 is 47.6 Å². The number of hydrogen-bond donors (Lipinski definition) is 2. The van der Waals surface area contributed by atoms with Gasteiger partial charge in [0.15, 0.2) is 0 Å². The molecule has 0 bridgehead atoms. The van der Waals surface area contributed by atoms with Crippen molar-refractivity contribution in [2.24, 2.45) is 0 Å². The van der Waals surface area contributed by atoms with Crippen LogP contribution in [0.2, 0.25) is 0 Å². The molecule has 0 unspecified atom stereocenters. The minimum atomic E-state index is -3.33. The van der Waals surface area contributed by atoms with Gasteiger partial charge in [0.1, 0.15) is 0 Å². The molecular formula is C12H18Br2N2O2S. The third-order valence-corrected chi connectivity index (χ3v) is 5.03. The standard InChI is InChI=1S/C12H18Br2N2O2S/c1-9(2)15-7-4-8-19(17,18)16-12-10(13)5-3-6-11(12)14/h3,5-6,9,15-16H,4,7-8H2,1-2H3. The van der Waals surface area contributed by atoms with Crippen molar-refractivity contribution in [2.75, 3.05) is 17.0 Å². The Labute approximate surface area is 131 Å². The van der Waals surface area contributed by atoms with Crippen molar-refractivity contribution in [1.29, 1.82) is 0 Å². The van der Waals surface area contributed by atoms with Crippen LogP contribution in [0.1, 0.15) is 20.3 Å². The highest BCUT2D eigenvalue weighted by Gasteiger charge is 2.14. The lowest BCUT2D eigenvalue weighted by Crippen LogP contribution is -2.26. The van der Waals surface area contributed by atoms with Gasteiger partial charge in [-0.15, -0.1) is 0 Å². The van der Waals surface area contributed by atoms with Gasteiger partial charge in [0.25, 0.3) is 0 Å². The molecule has 7 heteroatoms. The Morgan fingerprint density at radius 3 is 2.32 bits per heavy atom. The van der Waals surface area contributed by atoms with E-state index in [9.17, 15) is 8.42 Å². The molecular weight excluding hydrogens is 396 g/mol. The molecule has 0 fully saturated rings. The predicted molar refractivity (Wildman–Crippen MR) is 87.0 cm³/mol. The smallest absolute Gasteiger partial charge is 0.232 e. The molecule has 0 radical (unpaired) electrons. The second-order valence-corrected chi connectivity index (χ2v) is 8.03. The van der Waals surface area contributed by atoms with E-state index in [1.807, 2.05) is 19.9 Å². The van der Waals surface area contributed by atoms with Gasteiger partial charge in [-0.05, 0) is 57.0 Å². The average Bonchev–Trinajstić information content (AvgIpc) is 2.30. The predicted octanol–water partition coefficient (Wildman–Crippen LogP) is 3.34. The van der Waals surface area contributed by atoms with Gasteiger partial charge in [-0.2, -0.15) is 0 Å². The third-order valence-electron chi connectivity index (χ3n) is 2.36. The zero-order valence-electron chi connectivity index (χ0n) is 10.9. The molecule has 2 N–H and O–H groups in total. The minimum absolute atomic E-state index is 0.0977. The lowest BCUT2D eigenvalue weighted by atomic mass is 10.3. The molecule has 1 rings (SSSR count). The molecule has 0 aliphatic carbocycles. The van der Waals surface area contributed by atoms with Crippen molar-refractivity contribution in [2.45, 2.75) is 26.3 Å². The molecule has 0 saturated carbocycles. The van der Waals surface area contributed by atoms with Gasteiger partial charge in [0.2, 0.25) is 10.0 Å². The van der Waals surface area contributed by atoms with Crippen LogP contribution in [0.15, 0.2) is 27.1 Å². The van der Waals surface area contributed by atoms with E-state index in [-0.39, 0.29) is 5.75 Å². The molecule has 108 valence electrons. The van der Waals surface area contributed by atoms with Gasteiger partial charge in [-0.1, -0.05) is 19.9 Å². The Bertz CT molecular complexity index is 498. The van der Waals surface area contributed by atoms with Crippen molar-refractivity contribution in [3.05, 3.63) is 27.1 Å². The van der Waals surface area contributed by atoms with E-state index in [1.54, 1.807) is 12.1 Å². The van der Waals surface area contributed by atoms with E-state index < -0.39 is 10.0 Å². The first kappa shape index (κ1) is 16.9. The Morgan fingerprint density at radius 2 is 1.79 bits per heavy atom. The van der Waals surface area contributed by atoms with E-state index in [4.69, 9.17) is 0 Å². The molecule has 0 heterocycles. The molecule has 0 aliphatic rings. The first-order valence-corrected chi connectivity index (χ1v) is 9.23. The van der Waals surface area contributed by atoms with Crippen molar-refractivity contribution in [3.8, 4) is 0 Å². The molecule has 0 saturated heterocycles. The first-order valence-electron chi connectivity index (χ1n) is 6.00. The van der Waals surface area contributed by atoms with E-state index >= 15 is 0 Å². The number of benzene rings is 1. The molecule has 19 heavy (non-hydrogen) atoms. The van der Waals surface area contributed by atoms with E-state index in [0.29, 0.717) is 33.6 Å². The molecule has 0 aliphatic heterocycles. The monoisotopic (exact) mass is 412 g/mol. The highest BCUT2D eigenvalue weighted by molar-refractivity contribution is 9.11. The molecule has 0 amide bonds. The topological polar surface area (TPSA) is 58.2 Å². The van der Waals surface area contributed by atoms with Crippen LogP contribution in [0.4, 0.5) is 5.69 Å². The van der Waals surface area contributed by atoms with Crippen LogP contribution >= 0.6 is 31.9 Å². The Morgan fingerprint density at radius 1 is 1.21 bits per heavy atom. The summed E-state index contributed by atoms with van der Waals surface area (Å²) in [6.07, 6.45) is 0.579. The summed E-state index contributed by atoms with van der Waals surface area (Å²) < 4.78 is 28.0. The van der Waals surface area contributed by atoms with E-state index in [1.165, 1.54) is 0 Å². The summed E-state index contributed by atoms with van der Waals surface area (Å²) in [4.78, 5) is 0. The summed E-state index contributed by atoms with van der Waals surface area (Å²) in [6.45, 7) is 4.76. The summed E-state index contributed by atoms with van der Waals surface area (Å²) in [5, 5.41) is 3.19. The normalized spacial score (nSPS) is 11.8. The maximum absolute atomic E-state index is 12.0. The molecule has 1 aromatic carbocycles. The van der Waals surface area contributed by atoms with Crippen molar-refractivity contribution in [1.82, 2.24) is 5.32 Å². The highest BCUT2D eigenvalue weighted by Crippen LogP contribution is 2.31. The fraction of sp³-hybridized carbons (Fsp3) is 0.500. The first-order chi connectivity index (χ1) is 8.82. The van der Waals surface area contributed by atoms with E-state index in [2.05, 4.69) is 41.9 Å². The van der Waals surface area contributed by atoms with Crippen LogP contribution in [0.25, 0.3) is 0 Å². The Kier molecular flexibility index (Phi) is 6.79. The van der Waals surface area contributed by atoms with Crippen molar-refractivity contribution in [3.63, 3.8) is 0 Å². The summed E-state index contributed by atoms with van der Waals surface area (Å²) in [5.41, 5.74) is 0.541. The van der Waals surface area contributed by atoms with Crippen LogP contribution < -0.4 is 10.0 Å². The van der Waals surface area contributed by atoms with Crippen LogP contribution in [0.3, 0.4) is 0 Å². The van der Waals surface area contributed by atoms with Gasteiger partial charge >= 0.3 is 0 Å². The van der Waals surface area contributed by atoms with Crippen LogP contribution in [-0.4, -0.2) is 26.8 Å². The second-order valence-electron chi connectivity index (χ2n) is 4.48. The number of nitrogens with one attached hydrogen (secondary N) is 2. The van der Waals surface area contributed by atoms with Crippen LogP contribution in [-0.2, 0) is 10.0 Å². The average molecular weight is 414 g/mol. The Balaban J connectivity index is 2.60. The molecule has 4 nitrogen and oxygen atoms in total. The van der Waals surface area contributed by atoms with E-state index in [0.717, 1.165) is 0 Å². The minimum Gasteiger partial charge on any atom is -0.314 e. The number of rotatable bonds is 7. The zero-order valence-corrected chi connectivity index (χ0v) is 14.9. The zero-order chi connectivity index (χ0) is 14.5. The molecule has 1 aromatic rings. The fourth-order valence-corrected chi connectivity index (χ4v) is 4.07. The lowest BCUT2D eigenvalue weighted by Gasteiger charge is -2.12. The molecule has 0 atom stereocenters. The number of hydrogen-bond acceptors (Lipinski definition) is 3. The van der Waals surface area contributed by atoms with Crippen LogP contribution in [0.5, 0.6) is 0 Å². The lowest BCUT2D eigenvalue weighted by molar-refractivity contribution is 0.571. The summed E-state index contributed by atoms with van der Waals surface area (Å²) in [6, 6.07) is 5.79. The highest BCUT2D eigenvalue weighted by atomic mass is 79.9. The molecule has 0 aromatic heterocycles. The third kappa shape index (κ3) is 6.25. The SMILES string of the molecule is CC(C)NCCCS(=O)(=O)Nc1c(Br)cccc1Br. The van der Waals surface area contributed by atoms with Gasteiger partial charge in [0.05, 0.1) is 11.4 Å². The number of halogens is 2. The van der Waals surface area contributed by atoms with Gasteiger partial charge in [0, 0.05) is 15.0 Å². The fourth-order valence-electron chi connectivity index (χ4n) is 1.45. The number of sulfonamides is 1. The largest absolute Gasteiger partial charge is 0.314 e. The van der Waals surface area contributed by atoms with Gasteiger partial charge in [-0.25, -0.2) is 8.42 Å². The summed E-state index contributed by atoms with van der Waals surface area (Å²) in [5.74, 6) is 0.0977. The second kappa shape index (κ2) is 7.61. The Hall–Kier alpha value is -0.110. The van der Waals surface area contributed by atoms with Gasteiger partial charge < -0.3 is 5.32 Å². The quantitative estimate of drug-likeness (QED) is 0.674. The van der Waals surface area contributed by atoms with Crippen LogP contribution in [0, 0.1) is 0 Å². The maximum Gasteiger partial charge on any atom is 0.232 e.